The number of fused-ring (bicyclic) bond motifs is 2. The van der Waals surface area contributed by atoms with Crippen LogP contribution in [0.2, 0.25) is 0 Å². The third-order valence-corrected chi connectivity index (χ3v) is 9.59. The number of aldehydes is 1. The number of halogens is 2. The largest absolute Gasteiger partial charge is 0.454 e. The fourth-order valence-corrected chi connectivity index (χ4v) is 6.69. The number of aryl methyl sites for hydroxylation is 1. The summed E-state index contributed by atoms with van der Waals surface area (Å²) in [7, 11) is 3.07. The van der Waals surface area contributed by atoms with Gasteiger partial charge in [0.05, 0.1) is 17.2 Å². The van der Waals surface area contributed by atoms with Gasteiger partial charge in [-0.15, -0.1) is 0 Å². The van der Waals surface area contributed by atoms with Crippen LogP contribution in [0, 0.1) is 11.6 Å². The van der Waals surface area contributed by atoms with Crippen molar-refractivity contribution in [3.8, 4) is 22.6 Å². The first-order chi connectivity index (χ1) is 27.0. The van der Waals surface area contributed by atoms with Crippen molar-refractivity contribution in [2.24, 2.45) is 7.05 Å². The average molecular weight is 767 g/mol. The van der Waals surface area contributed by atoms with E-state index in [1.54, 1.807) is 55.8 Å². The van der Waals surface area contributed by atoms with Gasteiger partial charge in [-0.1, -0.05) is 18.9 Å². The summed E-state index contributed by atoms with van der Waals surface area (Å²) in [5, 5.41) is 9.18. The molecule has 0 fully saturated rings. The van der Waals surface area contributed by atoms with Crippen molar-refractivity contribution in [1.82, 2.24) is 19.8 Å². The fourth-order valence-electron chi connectivity index (χ4n) is 6.69. The smallest absolute Gasteiger partial charge is 0.274 e. The van der Waals surface area contributed by atoms with Gasteiger partial charge >= 0.3 is 0 Å². The summed E-state index contributed by atoms with van der Waals surface area (Å²) >= 11 is 0. The molecule has 3 heterocycles. The fraction of sp³-hybridized carbons (Fsp3) is 0.268. The maximum Gasteiger partial charge on any atom is 0.274 e. The molecule has 3 aromatic carbocycles. The highest BCUT2D eigenvalue weighted by atomic mass is 19.1. The van der Waals surface area contributed by atoms with Crippen molar-refractivity contribution in [2.75, 3.05) is 24.2 Å². The van der Waals surface area contributed by atoms with Gasteiger partial charge in [0.1, 0.15) is 23.4 Å². The van der Waals surface area contributed by atoms with Gasteiger partial charge in [0.15, 0.2) is 11.6 Å². The van der Waals surface area contributed by atoms with Crippen molar-refractivity contribution in [2.45, 2.75) is 51.0 Å². The van der Waals surface area contributed by atoms with E-state index in [0.717, 1.165) is 29.9 Å². The highest BCUT2D eigenvalue weighted by Crippen LogP contribution is 2.39. The first-order valence-corrected chi connectivity index (χ1v) is 18.1. The predicted octanol–water partition coefficient (Wildman–Crippen LogP) is 6.29. The summed E-state index contributed by atoms with van der Waals surface area (Å²) in [5.41, 5.74) is 2.48. The van der Waals surface area contributed by atoms with E-state index in [2.05, 4.69) is 20.9 Å². The average Bonchev–Trinajstić information content (AvgIpc) is 3.78. The minimum Gasteiger partial charge on any atom is -0.454 e. The second kappa shape index (κ2) is 17.2. The number of imide groups is 1. The maximum absolute atomic E-state index is 14.6. The minimum atomic E-state index is -1.06. The topological polar surface area (TPSA) is 172 Å². The summed E-state index contributed by atoms with van der Waals surface area (Å²) < 4.78 is 35.5. The predicted molar refractivity (Wildman–Crippen MR) is 206 cm³/mol. The molecule has 1 aliphatic rings. The molecule has 15 heteroatoms. The lowest BCUT2D eigenvalue weighted by atomic mass is 10.0. The third kappa shape index (κ3) is 8.36. The van der Waals surface area contributed by atoms with E-state index in [-0.39, 0.29) is 59.3 Å². The number of carbonyl (C=O) groups is 5. The number of nitrogens with zero attached hydrogens (tertiary/aromatic N) is 2. The van der Waals surface area contributed by atoms with Gasteiger partial charge in [0, 0.05) is 79.8 Å². The number of hydrogen-bond donors (Lipinski definition) is 4. The van der Waals surface area contributed by atoms with Crippen LogP contribution in [-0.2, 0) is 21.4 Å². The van der Waals surface area contributed by atoms with E-state index in [1.165, 1.54) is 23.7 Å². The standard InChI is InChI=1S/C41H40F2N6O7/c1-44-35(51)16-13-26(23-50)49-39(53)28-8-7-9-32(37(28)40(49)54)45-18-6-4-3-5-10-36(52)47-25-12-15-33(56-34-14-11-24(42)20-31(34)43)29(21-25)30-22-48(2)41(55)38-27(30)17-19-46-38/h7-9,11-12,14-15,17,19-23,26,45-46H,3-6,10,13,16,18H2,1-2H3,(H,44,51)(H,47,52). The summed E-state index contributed by atoms with van der Waals surface area (Å²) in [6, 6.07) is 13.4. The number of hydrogen-bond acceptors (Lipinski definition) is 8. The summed E-state index contributed by atoms with van der Waals surface area (Å²) in [5.74, 6) is -3.31. The lowest BCUT2D eigenvalue weighted by Gasteiger charge is -2.21. The molecule has 290 valence electrons. The molecule has 56 heavy (non-hydrogen) atoms. The molecule has 0 radical (unpaired) electrons. The van der Waals surface area contributed by atoms with Gasteiger partial charge in [0.2, 0.25) is 11.8 Å². The number of H-pyrrole nitrogens is 1. The number of unbranched alkanes of at least 4 members (excludes halogenated alkanes) is 3. The van der Waals surface area contributed by atoms with Gasteiger partial charge < -0.3 is 35.0 Å². The first kappa shape index (κ1) is 39.1. The number of ether oxygens (including phenoxy) is 1. The Balaban J connectivity index is 1.04. The Kier molecular flexibility index (Phi) is 12.0. The molecule has 1 unspecified atom stereocenters. The third-order valence-electron chi connectivity index (χ3n) is 9.59. The van der Waals surface area contributed by atoms with Crippen molar-refractivity contribution >= 4 is 52.2 Å². The molecule has 0 saturated carbocycles. The number of nitrogens with one attached hydrogen (secondary N) is 4. The molecule has 1 atom stereocenters. The van der Waals surface area contributed by atoms with Crippen molar-refractivity contribution < 1.29 is 37.5 Å². The SMILES string of the molecule is CNC(=O)CCC(C=O)N1C(=O)c2cccc(NCCCCCCC(=O)Nc3ccc(Oc4ccc(F)cc4F)c(-c4cn(C)c(=O)c5[nH]ccc45)c3)c2C1=O. The number of carbonyl (C=O) groups excluding carboxylic acids is 5. The van der Waals surface area contributed by atoms with E-state index in [1.807, 2.05) is 0 Å². The second-order valence-corrected chi connectivity index (χ2v) is 13.4. The monoisotopic (exact) mass is 766 g/mol. The quantitative estimate of drug-likeness (QED) is 0.0486. The summed E-state index contributed by atoms with van der Waals surface area (Å²) in [4.78, 5) is 79.5. The molecular formula is C41H40F2N6O7. The van der Waals surface area contributed by atoms with Gasteiger partial charge in [-0.2, -0.15) is 0 Å². The van der Waals surface area contributed by atoms with E-state index in [9.17, 15) is 37.5 Å². The Morgan fingerprint density at radius 2 is 1.66 bits per heavy atom. The zero-order valence-corrected chi connectivity index (χ0v) is 30.7. The van der Waals surface area contributed by atoms with Gasteiger partial charge in [-0.05, 0) is 67.8 Å². The van der Waals surface area contributed by atoms with E-state index < -0.39 is 29.5 Å². The molecule has 5 aromatic rings. The van der Waals surface area contributed by atoms with E-state index in [0.29, 0.717) is 59.1 Å². The normalized spacial score (nSPS) is 12.8. The number of aromatic nitrogens is 2. The molecule has 2 aromatic heterocycles. The molecular weight excluding hydrogens is 726 g/mol. The Morgan fingerprint density at radius 3 is 2.43 bits per heavy atom. The number of pyridine rings is 1. The molecule has 0 saturated heterocycles. The van der Waals surface area contributed by atoms with Crippen LogP contribution in [0.15, 0.2) is 77.9 Å². The van der Waals surface area contributed by atoms with Crippen LogP contribution in [-0.4, -0.2) is 64.0 Å². The number of rotatable bonds is 17. The highest BCUT2D eigenvalue weighted by Gasteiger charge is 2.41. The summed E-state index contributed by atoms with van der Waals surface area (Å²) in [6.07, 6.45) is 6.84. The van der Waals surface area contributed by atoms with Gasteiger partial charge in [-0.3, -0.25) is 28.9 Å². The number of benzene rings is 3. The molecule has 0 aliphatic carbocycles. The maximum atomic E-state index is 14.6. The molecule has 13 nitrogen and oxygen atoms in total. The van der Waals surface area contributed by atoms with Crippen LogP contribution in [0.25, 0.3) is 22.0 Å². The Bertz CT molecular complexity index is 2390. The highest BCUT2D eigenvalue weighted by molar-refractivity contribution is 6.24. The molecule has 4 amide bonds. The van der Waals surface area contributed by atoms with E-state index in [4.69, 9.17) is 4.74 Å². The lowest BCUT2D eigenvalue weighted by Crippen LogP contribution is -2.41. The number of anilines is 2. The Morgan fingerprint density at radius 1 is 0.875 bits per heavy atom. The molecule has 0 bridgehead atoms. The van der Waals surface area contributed by atoms with Crippen LogP contribution in [0.4, 0.5) is 20.2 Å². The van der Waals surface area contributed by atoms with Crippen LogP contribution in [0.1, 0.15) is 65.7 Å². The second-order valence-electron chi connectivity index (χ2n) is 13.4. The molecule has 4 N–H and O–H groups in total. The molecule has 0 spiro atoms. The zero-order chi connectivity index (χ0) is 39.9. The number of aromatic amines is 1. The Hall–Kier alpha value is -6.64. The van der Waals surface area contributed by atoms with Crippen LogP contribution >= 0.6 is 0 Å². The van der Waals surface area contributed by atoms with Crippen molar-refractivity contribution in [3.63, 3.8) is 0 Å². The van der Waals surface area contributed by atoms with Crippen LogP contribution in [0.3, 0.4) is 0 Å². The minimum absolute atomic E-state index is 0.0112. The summed E-state index contributed by atoms with van der Waals surface area (Å²) in [6.45, 7) is 0.496. The van der Waals surface area contributed by atoms with E-state index >= 15 is 0 Å². The van der Waals surface area contributed by atoms with Gasteiger partial charge in [0.25, 0.3) is 17.4 Å². The van der Waals surface area contributed by atoms with Crippen LogP contribution < -0.4 is 26.2 Å². The lowest BCUT2D eigenvalue weighted by molar-refractivity contribution is -0.121. The van der Waals surface area contributed by atoms with Crippen molar-refractivity contribution in [1.29, 1.82) is 0 Å². The zero-order valence-electron chi connectivity index (χ0n) is 30.7. The van der Waals surface area contributed by atoms with Crippen molar-refractivity contribution in [3.05, 3.63) is 106 Å². The molecule has 1 aliphatic heterocycles. The molecule has 6 rings (SSSR count). The Labute approximate surface area is 320 Å². The number of amides is 4. The van der Waals surface area contributed by atoms with Crippen LogP contribution in [0.5, 0.6) is 11.5 Å². The first-order valence-electron chi connectivity index (χ1n) is 18.1. The van der Waals surface area contributed by atoms with Gasteiger partial charge in [-0.25, -0.2) is 8.78 Å².